The standard InChI is InChI=1S/C20H25N3O7S2/c1-14-4-6-16(13-17(14)22-31(3,25)26)21-20(24)15-5-7-18(29-2)19(12-15)32(27,28)23-8-10-30-11-9-23/h4-7,12-13,22H,8-11H2,1-3H3,(H,21,24). The van der Waals surface area contributed by atoms with Crippen molar-refractivity contribution in [1.82, 2.24) is 4.31 Å². The highest BCUT2D eigenvalue weighted by Gasteiger charge is 2.30. The summed E-state index contributed by atoms with van der Waals surface area (Å²) in [5.41, 5.74) is 1.46. The quantitative estimate of drug-likeness (QED) is 0.612. The number of aryl methyl sites for hydroxylation is 1. The van der Waals surface area contributed by atoms with Crippen LogP contribution in [0.2, 0.25) is 0 Å². The smallest absolute Gasteiger partial charge is 0.255 e. The number of nitrogens with one attached hydrogen (secondary N) is 2. The maximum Gasteiger partial charge on any atom is 0.255 e. The summed E-state index contributed by atoms with van der Waals surface area (Å²) in [6, 6.07) is 8.91. The predicted octanol–water partition coefficient (Wildman–Crippen LogP) is 1.65. The van der Waals surface area contributed by atoms with Gasteiger partial charge in [-0.25, -0.2) is 16.8 Å². The molecular formula is C20H25N3O7S2. The second kappa shape index (κ2) is 9.45. The number of carbonyl (C=O) groups is 1. The van der Waals surface area contributed by atoms with Crippen LogP contribution in [-0.2, 0) is 24.8 Å². The molecule has 1 amide bonds. The number of rotatable bonds is 7. The van der Waals surface area contributed by atoms with Crippen LogP contribution in [-0.4, -0.2) is 66.7 Å². The van der Waals surface area contributed by atoms with Crippen molar-refractivity contribution in [1.29, 1.82) is 0 Å². The topological polar surface area (TPSA) is 131 Å². The highest BCUT2D eigenvalue weighted by atomic mass is 32.2. The molecule has 0 unspecified atom stereocenters. The predicted molar refractivity (Wildman–Crippen MR) is 120 cm³/mol. The van der Waals surface area contributed by atoms with Crippen LogP contribution in [0.4, 0.5) is 11.4 Å². The number of hydrogen-bond acceptors (Lipinski definition) is 7. The summed E-state index contributed by atoms with van der Waals surface area (Å²) in [5, 5.41) is 2.66. The number of morpholine rings is 1. The zero-order valence-corrected chi connectivity index (χ0v) is 19.5. The highest BCUT2D eigenvalue weighted by Crippen LogP contribution is 2.29. The van der Waals surface area contributed by atoms with Crippen molar-refractivity contribution in [3.8, 4) is 5.75 Å². The molecule has 1 aliphatic rings. The first kappa shape index (κ1) is 24.0. The Morgan fingerprint density at radius 3 is 2.38 bits per heavy atom. The van der Waals surface area contributed by atoms with Crippen molar-refractivity contribution in [2.24, 2.45) is 0 Å². The van der Waals surface area contributed by atoms with Crippen LogP contribution in [0, 0.1) is 6.92 Å². The molecular weight excluding hydrogens is 458 g/mol. The molecule has 1 fully saturated rings. The molecule has 2 aromatic rings. The fourth-order valence-electron chi connectivity index (χ4n) is 3.16. The minimum atomic E-state index is -3.89. The Bertz CT molecular complexity index is 1220. The molecule has 1 heterocycles. The highest BCUT2D eigenvalue weighted by molar-refractivity contribution is 7.92. The first-order valence-corrected chi connectivity index (χ1v) is 13.0. The molecule has 0 saturated carbocycles. The Labute approximate surface area is 187 Å². The second-order valence-corrected chi connectivity index (χ2v) is 10.9. The molecule has 32 heavy (non-hydrogen) atoms. The molecule has 1 saturated heterocycles. The number of methoxy groups -OCH3 is 1. The van der Waals surface area contributed by atoms with Gasteiger partial charge in [0.1, 0.15) is 10.6 Å². The van der Waals surface area contributed by atoms with Crippen molar-refractivity contribution in [3.63, 3.8) is 0 Å². The SMILES string of the molecule is COc1ccc(C(=O)Nc2ccc(C)c(NS(C)(=O)=O)c2)cc1S(=O)(=O)N1CCOCC1. The van der Waals surface area contributed by atoms with Gasteiger partial charge in [0.25, 0.3) is 5.91 Å². The third-order valence-electron chi connectivity index (χ3n) is 4.80. The Morgan fingerprint density at radius 1 is 1.06 bits per heavy atom. The van der Waals surface area contributed by atoms with Gasteiger partial charge in [0.2, 0.25) is 20.0 Å². The summed E-state index contributed by atoms with van der Waals surface area (Å²) in [6.45, 7) is 2.73. The molecule has 174 valence electrons. The Morgan fingerprint density at radius 2 is 1.75 bits per heavy atom. The average molecular weight is 484 g/mol. The lowest BCUT2D eigenvalue weighted by molar-refractivity contribution is 0.0729. The minimum Gasteiger partial charge on any atom is -0.495 e. The molecule has 0 radical (unpaired) electrons. The van der Waals surface area contributed by atoms with E-state index in [4.69, 9.17) is 9.47 Å². The van der Waals surface area contributed by atoms with Gasteiger partial charge in [0.15, 0.2) is 0 Å². The van der Waals surface area contributed by atoms with Gasteiger partial charge in [-0.1, -0.05) is 6.07 Å². The number of sulfonamides is 2. The van der Waals surface area contributed by atoms with E-state index in [1.165, 1.54) is 35.7 Å². The van der Waals surface area contributed by atoms with Gasteiger partial charge < -0.3 is 14.8 Å². The fourth-order valence-corrected chi connectivity index (χ4v) is 5.37. The molecule has 10 nitrogen and oxygen atoms in total. The van der Waals surface area contributed by atoms with Crippen molar-refractivity contribution >= 4 is 37.3 Å². The Hall–Kier alpha value is -2.67. The van der Waals surface area contributed by atoms with E-state index in [1.807, 2.05) is 0 Å². The zero-order chi connectivity index (χ0) is 23.5. The van der Waals surface area contributed by atoms with Gasteiger partial charge in [-0.05, 0) is 42.8 Å². The van der Waals surface area contributed by atoms with Crippen molar-refractivity contribution < 1.29 is 31.1 Å². The average Bonchev–Trinajstić information content (AvgIpc) is 2.75. The number of benzene rings is 2. The van der Waals surface area contributed by atoms with Crippen LogP contribution >= 0.6 is 0 Å². The Balaban J connectivity index is 1.90. The van der Waals surface area contributed by atoms with E-state index in [2.05, 4.69) is 10.0 Å². The maximum atomic E-state index is 13.1. The number of anilines is 2. The van der Waals surface area contributed by atoms with Gasteiger partial charge in [-0.15, -0.1) is 0 Å². The molecule has 0 spiro atoms. The number of hydrogen-bond donors (Lipinski definition) is 2. The Kier molecular flexibility index (Phi) is 7.08. The minimum absolute atomic E-state index is 0.107. The van der Waals surface area contributed by atoms with Crippen molar-refractivity contribution in [2.75, 3.05) is 49.7 Å². The van der Waals surface area contributed by atoms with Crippen LogP contribution in [0.3, 0.4) is 0 Å². The molecule has 0 bridgehead atoms. The van der Waals surface area contributed by atoms with Gasteiger partial charge in [0, 0.05) is 24.3 Å². The van der Waals surface area contributed by atoms with Crippen molar-refractivity contribution in [3.05, 3.63) is 47.5 Å². The first-order valence-electron chi connectivity index (χ1n) is 9.67. The number of amides is 1. The third kappa shape index (κ3) is 5.57. The summed E-state index contributed by atoms with van der Waals surface area (Å²) in [4.78, 5) is 12.7. The monoisotopic (exact) mass is 483 g/mol. The van der Waals surface area contributed by atoms with E-state index in [1.54, 1.807) is 19.1 Å². The second-order valence-electron chi connectivity index (χ2n) is 7.24. The maximum absolute atomic E-state index is 13.1. The van der Waals surface area contributed by atoms with Gasteiger partial charge >= 0.3 is 0 Å². The van der Waals surface area contributed by atoms with Crippen LogP contribution in [0.5, 0.6) is 5.75 Å². The summed E-state index contributed by atoms with van der Waals surface area (Å²) < 4.78 is 63.4. The summed E-state index contributed by atoms with van der Waals surface area (Å²) >= 11 is 0. The third-order valence-corrected chi connectivity index (χ3v) is 7.32. The van der Waals surface area contributed by atoms with Crippen LogP contribution < -0.4 is 14.8 Å². The molecule has 0 atom stereocenters. The van der Waals surface area contributed by atoms with Crippen LogP contribution in [0.15, 0.2) is 41.3 Å². The van der Waals surface area contributed by atoms with E-state index >= 15 is 0 Å². The van der Waals surface area contributed by atoms with E-state index < -0.39 is 26.0 Å². The summed E-state index contributed by atoms with van der Waals surface area (Å²) in [7, 11) is -6.03. The van der Waals surface area contributed by atoms with E-state index in [0.29, 0.717) is 30.2 Å². The molecule has 2 aromatic carbocycles. The number of nitrogens with zero attached hydrogens (tertiary/aromatic N) is 1. The van der Waals surface area contributed by atoms with E-state index in [9.17, 15) is 21.6 Å². The molecule has 3 rings (SSSR count). The lowest BCUT2D eigenvalue weighted by atomic mass is 10.1. The molecule has 2 N–H and O–H groups in total. The van der Waals surface area contributed by atoms with Gasteiger partial charge in [0.05, 0.1) is 32.3 Å². The summed E-state index contributed by atoms with van der Waals surface area (Å²) in [6.07, 6.45) is 1.03. The largest absolute Gasteiger partial charge is 0.495 e. The van der Waals surface area contributed by atoms with Crippen molar-refractivity contribution in [2.45, 2.75) is 11.8 Å². The normalized spacial score (nSPS) is 15.2. The first-order chi connectivity index (χ1) is 15.0. The zero-order valence-electron chi connectivity index (χ0n) is 17.9. The fraction of sp³-hybridized carbons (Fsp3) is 0.350. The molecule has 0 aliphatic carbocycles. The van der Waals surface area contributed by atoms with Gasteiger partial charge in [-0.3, -0.25) is 9.52 Å². The number of ether oxygens (including phenoxy) is 2. The summed E-state index contributed by atoms with van der Waals surface area (Å²) in [5.74, 6) is -0.428. The number of carbonyl (C=O) groups excluding carboxylic acids is 1. The molecule has 1 aliphatic heterocycles. The molecule has 12 heteroatoms. The lowest BCUT2D eigenvalue weighted by Gasteiger charge is -2.26. The van der Waals surface area contributed by atoms with E-state index in [0.717, 1.165) is 6.26 Å². The molecule has 0 aromatic heterocycles. The van der Waals surface area contributed by atoms with Crippen LogP contribution in [0.25, 0.3) is 0 Å². The van der Waals surface area contributed by atoms with Gasteiger partial charge in [-0.2, -0.15) is 4.31 Å². The van der Waals surface area contributed by atoms with E-state index in [-0.39, 0.29) is 29.3 Å². The lowest BCUT2D eigenvalue weighted by Crippen LogP contribution is -2.40. The van der Waals surface area contributed by atoms with Crippen LogP contribution in [0.1, 0.15) is 15.9 Å².